The summed E-state index contributed by atoms with van der Waals surface area (Å²) in [4.78, 5) is 15.6. The molecule has 1 N–H and O–H groups in total. The molecule has 4 heteroatoms. The van der Waals surface area contributed by atoms with Gasteiger partial charge in [0.1, 0.15) is 0 Å². The van der Waals surface area contributed by atoms with E-state index in [1.165, 1.54) is 0 Å². The maximum Gasteiger partial charge on any atom is 0.337 e. The second-order valence-corrected chi connectivity index (χ2v) is 4.63. The van der Waals surface area contributed by atoms with Crippen LogP contribution in [0.4, 0.5) is 0 Å². The number of benzene rings is 1. The van der Waals surface area contributed by atoms with Gasteiger partial charge < -0.3 is 9.67 Å². The van der Waals surface area contributed by atoms with Crippen LogP contribution in [0.5, 0.6) is 0 Å². The number of aromatic carboxylic acids is 1. The van der Waals surface area contributed by atoms with Crippen LogP contribution in [0, 0.1) is 0 Å². The first-order chi connectivity index (χ1) is 9.75. The lowest BCUT2D eigenvalue weighted by Gasteiger charge is -2.04. The lowest BCUT2D eigenvalue weighted by molar-refractivity contribution is 0.0699. The van der Waals surface area contributed by atoms with Crippen molar-refractivity contribution in [3.8, 4) is 0 Å². The number of carboxylic acids is 1. The van der Waals surface area contributed by atoms with Gasteiger partial charge in [0, 0.05) is 42.0 Å². The van der Waals surface area contributed by atoms with Crippen LogP contribution in [-0.2, 0) is 13.0 Å². The van der Waals surface area contributed by atoms with Crippen LogP contribution in [0.3, 0.4) is 0 Å². The SMILES string of the molecule is O=C(O)c1cn(CCc2ccccn2)c2ccccc12. The Kier molecular flexibility index (Phi) is 3.21. The molecule has 0 radical (unpaired) electrons. The topological polar surface area (TPSA) is 55.1 Å². The van der Waals surface area contributed by atoms with Crippen LogP contribution < -0.4 is 0 Å². The Morgan fingerprint density at radius 2 is 1.95 bits per heavy atom. The van der Waals surface area contributed by atoms with Crippen LogP contribution in [-0.4, -0.2) is 20.6 Å². The number of para-hydroxylation sites is 1. The van der Waals surface area contributed by atoms with Gasteiger partial charge in [-0.3, -0.25) is 4.98 Å². The summed E-state index contributed by atoms with van der Waals surface area (Å²) in [5, 5.41) is 10.0. The third-order valence-corrected chi connectivity index (χ3v) is 3.35. The molecule has 0 saturated heterocycles. The highest BCUT2D eigenvalue weighted by atomic mass is 16.4. The number of aromatic nitrogens is 2. The van der Waals surface area contributed by atoms with Gasteiger partial charge in [0.2, 0.25) is 0 Å². The zero-order valence-corrected chi connectivity index (χ0v) is 10.9. The summed E-state index contributed by atoms with van der Waals surface area (Å²) in [6.07, 6.45) is 4.25. The minimum absolute atomic E-state index is 0.349. The molecule has 0 bridgehead atoms. The van der Waals surface area contributed by atoms with Crippen molar-refractivity contribution in [2.45, 2.75) is 13.0 Å². The number of aryl methyl sites for hydroxylation is 2. The number of hydrogen-bond donors (Lipinski definition) is 1. The van der Waals surface area contributed by atoms with Gasteiger partial charge >= 0.3 is 5.97 Å². The summed E-state index contributed by atoms with van der Waals surface area (Å²) in [5.74, 6) is -0.891. The van der Waals surface area contributed by atoms with E-state index in [9.17, 15) is 9.90 Å². The van der Waals surface area contributed by atoms with E-state index in [0.717, 1.165) is 23.0 Å². The molecule has 2 aromatic heterocycles. The van der Waals surface area contributed by atoms with Gasteiger partial charge in [-0.2, -0.15) is 0 Å². The predicted molar refractivity (Wildman–Crippen MR) is 76.8 cm³/mol. The molecule has 0 saturated carbocycles. The number of carboxylic acid groups (broad SMARTS) is 1. The summed E-state index contributed by atoms with van der Waals surface area (Å²) in [7, 11) is 0. The van der Waals surface area contributed by atoms with Crippen LogP contribution >= 0.6 is 0 Å². The average molecular weight is 266 g/mol. The van der Waals surface area contributed by atoms with Gasteiger partial charge in [-0.25, -0.2) is 4.79 Å². The molecular weight excluding hydrogens is 252 g/mol. The van der Waals surface area contributed by atoms with Gasteiger partial charge in [0.05, 0.1) is 5.56 Å². The Balaban J connectivity index is 1.94. The molecule has 4 nitrogen and oxygen atoms in total. The maximum atomic E-state index is 11.3. The lowest BCUT2D eigenvalue weighted by atomic mass is 10.2. The van der Waals surface area contributed by atoms with E-state index in [2.05, 4.69) is 4.98 Å². The highest BCUT2D eigenvalue weighted by Gasteiger charge is 2.13. The number of rotatable bonds is 4. The second kappa shape index (κ2) is 5.17. The molecular formula is C16H14N2O2. The van der Waals surface area contributed by atoms with E-state index in [4.69, 9.17) is 0 Å². The van der Waals surface area contributed by atoms with E-state index in [-0.39, 0.29) is 0 Å². The Morgan fingerprint density at radius 3 is 2.70 bits per heavy atom. The third kappa shape index (κ3) is 2.28. The fourth-order valence-corrected chi connectivity index (χ4v) is 2.38. The largest absolute Gasteiger partial charge is 0.478 e. The fourth-order valence-electron chi connectivity index (χ4n) is 2.38. The molecule has 0 fully saturated rings. The molecule has 0 aliphatic carbocycles. The fraction of sp³-hybridized carbons (Fsp3) is 0.125. The summed E-state index contributed by atoms with van der Waals surface area (Å²) >= 11 is 0. The molecule has 2 heterocycles. The number of pyridine rings is 1. The zero-order valence-electron chi connectivity index (χ0n) is 10.9. The maximum absolute atomic E-state index is 11.3. The zero-order chi connectivity index (χ0) is 13.9. The van der Waals surface area contributed by atoms with Gasteiger partial charge in [0.25, 0.3) is 0 Å². The van der Waals surface area contributed by atoms with E-state index in [0.29, 0.717) is 12.1 Å². The number of carbonyl (C=O) groups is 1. The van der Waals surface area contributed by atoms with Crippen molar-refractivity contribution < 1.29 is 9.90 Å². The summed E-state index contributed by atoms with van der Waals surface area (Å²) < 4.78 is 1.98. The van der Waals surface area contributed by atoms with E-state index in [1.807, 2.05) is 47.0 Å². The Hall–Kier alpha value is -2.62. The van der Waals surface area contributed by atoms with E-state index >= 15 is 0 Å². The van der Waals surface area contributed by atoms with Gasteiger partial charge in [0.15, 0.2) is 0 Å². The first kappa shape index (κ1) is 12.4. The number of hydrogen-bond acceptors (Lipinski definition) is 2. The van der Waals surface area contributed by atoms with Crippen LogP contribution in [0.25, 0.3) is 10.9 Å². The van der Waals surface area contributed by atoms with Gasteiger partial charge in [-0.15, -0.1) is 0 Å². The average Bonchev–Trinajstić information content (AvgIpc) is 2.85. The monoisotopic (exact) mass is 266 g/mol. The van der Waals surface area contributed by atoms with Crippen molar-refractivity contribution in [1.29, 1.82) is 0 Å². The Labute approximate surface area is 116 Å². The Bertz CT molecular complexity index is 748. The molecule has 1 aromatic carbocycles. The van der Waals surface area contributed by atoms with Gasteiger partial charge in [-0.1, -0.05) is 24.3 Å². The van der Waals surface area contributed by atoms with Crippen molar-refractivity contribution in [3.63, 3.8) is 0 Å². The molecule has 0 aliphatic rings. The Morgan fingerprint density at radius 1 is 1.15 bits per heavy atom. The molecule has 3 aromatic rings. The predicted octanol–water partition coefficient (Wildman–Crippen LogP) is 2.98. The normalized spacial score (nSPS) is 10.8. The molecule has 0 amide bonds. The minimum Gasteiger partial charge on any atom is -0.478 e. The van der Waals surface area contributed by atoms with Crippen molar-refractivity contribution in [2.24, 2.45) is 0 Å². The van der Waals surface area contributed by atoms with E-state index in [1.54, 1.807) is 12.4 Å². The molecule has 0 unspecified atom stereocenters. The molecule has 0 aliphatic heterocycles. The highest BCUT2D eigenvalue weighted by molar-refractivity contribution is 6.03. The summed E-state index contributed by atoms with van der Waals surface area (Å²) in [5.41, 5.74) is 2.30. The molecule has 0 atom stereocenters. The van der Waals surface area contributed by atoms with Crippen LogP contribution in [0.2, 0.25) is 0 Å². The quantitative estimate of drug-likeness (QED) is 0.789. The lowest BCUT2D eigenvalue weighted by Crippen LogP contribution is -2.01. The molecule has 20 heavy (non-hydrogen) atoms. The smallest absolute Gasteiger partial charge is 0.337 e. The number of fused-ring (bicyclic) bond motifs is 1. The van der Waals surface area contributed by atoms with Crippen molar-refractivity contribution in [2.75, 3.05) is 0 Å². The number of nitrogens with zero attached hydrogens (tertiary/aromatic N) is 2. The van der Waals surface area contributed by atoms with E-state index < -0.39 is 5.97 Å². The molecule has 100 valence electrons. The molecule has 3 rings (SSSR count). The minimum atomic E-state index is -0.891. The van der Waals surface area contributed by atoms with Gasteiger partial charge in [-0.05, 0) is 18.2 Å². The first-order valence-electron chi connectivity index (χ1n) is 6.47. The summed E-state index contributed by atoms with van der Waals surface area (Å²) in [6, 6.07) is 13.4. The van der Waals surface area contributed by atoms with Crippen molar-refractivity contribution >= 4 is 16.9 Å². The first-order valence-corrected chi connectivity index (χ1v) is 6.47. The third-order valence-electron chi connectivity index (χ3n) is 3.35. The van der Waals surface area contributed by atoms with Crippen molar-refractivity contribution in [3.05, 3.63) is 66.1 Å². The second-order valence-electron chi connectivity index (χ2n) is 4.63. The summed E-state index contributed by atoms with van der Waals surface area (Å²) in [6.45, 7) is 0.713. The highest BCUT2D eigenvalue weighted by Crippen LogP contribution is 2.21. The van der Waals surface area contributed by atoms with Crippen LogP contribution in [0.1, 0.15) is 16.1 Å². The van der Waals surface area contributed by atoms with Crippen LogP contribution in [0.15, 0.2) is 54.9 Å². The van der Waals surface area contributed by atoms with Crippen molar-refractivity contribution in [1.82, 2.24) is 9.55 Å². The molecule has 0 spiro atoms. The standard InChI is InChI=1S/C16H14N2O2/c19-16(20)14-11-18(15-7-2-1-6-13(14)15)10-8-12-5-3-4-9-17-12/h1-7,9,11H,8,10H2,(H,19,20).